The standard InChI is InChI=1S/C20H15ClN4O4/c21-13-5-3-4-12(10-13)19-24-17(29-25-19)11-28-18(26)9-8-16-22-15-7-2-1-6-14(15)20(27)23-16/h1-7,10H,8-9,11H2,(H,22,23,27). The number of benzene rings is 2. The van der Waals surface area contributed by atoms with Crippen molar-refractivity contribution in [2.75, 3.05) is 0 Å². The Morgan fingerprint density at radius 3 is 2.86 bits per heavy atom. The molecule has 4 rings (SSSR count). The summed E-state index contributed by atoms with van der Waals surface area (Å²) in [7, 11) is 0. The fourth-order valence-electron chi connectivity index (χ4n) is 2.75. The molecule has 0 fully saturated rings. The van der Waals surface area contributed by atoms with Gasteiger partial charge in [0.2, 0.25) is 5.82 Å². The van der Waals surface area contributed by atoms with Crippen LogP contribution in [0.3, 0.4) is 0 Å². The quantitative estimate of drug-likeness (QED) is 0.485. The number of esters is 1. The lowest BCUT2D eigenvalue weighted by molar-refractivity contribution is -0.145. The van der Waals surface area contributed by atoms with E-state index < -0.39 is 5.97 Å². The number of carbonyl (C=O) groups excluding carboxylic acids is 1. The van der Waals surface area contributed by atoms with Crippen LogP contribution in [0.2, 0.25) is 5.02 Å². The van der Waals surface area contributed by atoms with Crippen LogP contribution in [0.25, 0.3) is 22.3 Å². The maximum atomic E-state index is 12.0. The lowest BCUT2D eigenvalue weighted by Crippen LogP contribution is -2.14. The highest BCUT2D eigenvalue weighted by Gasteiger charge is 2.12. The second kappa shape index (κ2) is 8.24. The van der Waals surface area contributed by atoms with Crippen LogP contribution in [-0.4, -0.2) is 26.1 Å². The molecule has 29 heavy (non-hydrogen) atoms. The molecule has 9 heteroatoms. The van der Waals surface area contributed by atoms with Gasteiger partial charge in [-0.1, -0.05) is 41.0 Å². The molecule has 0 spiro atoms. The molecule has 146 valence electrons. The molecule has 8 nitrogen and oxygen atoms in total. The molecular weight excluding hydrogens is 396 g/mol. The first kappa shape index (κ1) is 18.8. The van der Waals surface area contributed by atoms with Crippen molar-refractivity contribution in [1.29, 1.82) is 0 Å². The number of ether oxygens (including phenoxy) is 1. The monoisotopic (exact) mass is 410 g/mol. The van der Waals surface area contributed by atoms with Crippen LogP contribution in [0.1, 0.15) is 18.1 Å². The van der Waals surface area contributed by atoms with Gasteiger partial charge in [0.15, 0.2) is 6.61 Å². The topological polar surface area (TPSA) is 111 Å². The molecule has 2 aromatic heterocycles. The number of fused-ring (bicyclic) bond motifs is 1. The van der Waals surface area contributed by atoms with Crippen LogP contribution in [0, 0.1) is 0 Å². The maximum absolute atomic E-state index is 12.0. The highest BCUT2D eigenvalue weighted by molar-refractivity contribution is 6.30. The van der Waals surface area contributed by atoms with Crippen molar-refractivity contribution < 1.29 is 14.1 Å². The van der Waals surface area contributed by atoms with Crippen molar-refractivity contribution in [3.8, 4) is 11.4 Å². The molecule has 1 N–H and O–H groups in total. The first-order valence-electron chi connectivity index (χ1n) is 8.80. The van der Waals surface area contributed by atoms with Crippen molar-refractivity contribution in [2.24, 2.45) is 0 Å². The number of H-pyrrole nitrogens is 1. The van der Waals surface area contributed by atoms with Crippen molar-refractivity contribution in [3.05, 3.63) is 75.6 Å². The van der Waals surface area contributed by atoms with E-state index in [4.69, 9.17) is 20.9 Å². The van der Waals surface area contributed by atoms with E-state index in [0.29, 0.717) is 33.1 Å². The number of nitrogens with one attached hydrogen (secondary N) is 1. The molecule has 2 aromatic carbocycles. The number of hydrogen-bond acceptors (Lipinski definition) is 7. The lowest BCUT2D eigenvalue weighted by atomic mass is 10.2. The number of halogens is 1. The largest absolute Gasteiger partial charge is 0.456 e. The Hall–Kier alpha value is -3.52. The van der Waals surface area contributed by atoms with Gasteiger partial charge in [0.05, 0.1) is 17.3 Å². The predicted molar refractivity (Wildman–Crippen MR) is 105 cm³/mol. The molecule has 0 bridgehead atoms. The van der Waals surface area contributed by atoms with Crippen molar-refractivity contribution in [2.45, 2.75) is 19.4 Å². The van der Waals surface area contributed by atoms with Gasteiger partial charge in [-0.2, -0.15) is 4.98 Å². The predicted octanol–water partition coefficient (Wildman–Crippen LogP) is 3.30. The Morgan fingerprint density at radius 2 is 2.00 bits per heavy atom. The Labute approximate surface area is 169 Å². The summed E-state index contributed by atoms with van der Waals surface area (Å²) in [5.41, 5.74) is 1.04. The zero-order chi connectivity index (χ0) is 20.2. The number of para-hydroxylation sites is 1. The average Bonchev–Trinajstić information content (AvgIpc) is 3.20. The summed E-state index contributed by atoms with van der Waals surface area (Å²) in [6.45, 7) is -0.145. The third-order valence-electron chi connectivity index (χ3n) is 4.14. The van der Waals surface area contributed by atoms with E-state index in [-0.39, 0.29) is 30.9 Å². The minimum absolute atomic E-state index is 0.0522. The Bertz CT molecular complexity index is 1230. The van der Waals surface area contributed by atoms with Gasteiger partial charge in [-0.25, -0.2) is 4.98 Å². The second-order valence-electron chi connectivity index (χ2n) is 6.21. The molecule has 0 radical (unpaired) electrons. The van der Waals surface area contributed by atoms with Gasteiger partial charge in [-0.3, -0.25) is 9.59 Å². The maximum Gasteiger partial charge on any atom is 0.306 e. The van der Waals surface area contributed by atoms with E-state index in [0.717, 1.165) is 0 Å². The van der Waals surface area contributed by atoms with Crippen LogP contribution in [-0.2, 0) is 22.6 Å². The Kier molecular flexibility index (Phi) is 5.35. The SMILES string of the molecule is O=C(CCc1nc2ccccc2c(=O)[nH]1)OCc1nc(-c2cccc(Cl)c2)no1. The normalized spacial score (nSPS) is 10.9. The number of hydrogen-bond donors (Lipinski definition) is 1. The van der Waals surface area contributed by atoms with E-state index in [1.54, 1.807) is 48.5 Å². The fraction of sp³-hybridized carbons (Fsp3) is 0.150. The van der Waals surface area contributed by atoms with E-state index in [9.17, 15) is 9.59 Å². The van der Waals surface area contributed by atoms with Crippen molar-refractivity contribution >= 4 is 28.5 Å². The zero-order valence-electron chi connectivity index (χ0n) is 15.1. The molecule has 0 atom stereocenters. The lowest BCUT2D eigenvalue weighted by Gasteiger charge is -2.03. The molecule has 0 aliphatic carbocycles. The van der Waals surface area contributed by atoms with Crippen molar-refractivity contribution in [1.82, 2.24) is 20.1 Å². The summed E-state index contributed by atoms with van der Waals surface area (Å²) < 4.78 is 10.3. The van der Waals surface area contributed by atoms with Gasteiger partial charge in [0.25, 0.3) is 11.4 Å². The number of rotatable bonds is 6. The van der Waals surface area contributed by atoms with Gasteiger partial charge in [-0.05, 0) is 24.3 Å². The van der Waals surface area contributed by atoms with Gasteiger partial charge >= 0.3 is 5.97 Å². The highest BCUT2D eigenvalue weighted by atomic mass is 35.5. The highest BCUT2D eigenvalue weighted by Crippen LogP contribution is 2.20. The van der Waals surface area contributed by atoms with Gasteiger partial charge in [0, 0.05) is 17.0 Å². The van der Waals surface area contributed by atoms with E-state index in [1.165, 1.54) is 0 Å². The molecule has 0 unspecified atom stereocenters. The first-order chi connectivity index (χ1) is 14.1. The van der Waals surface area contributed by atoms with E-state index in [2.05, 4.69) is 20.1 Å². The number of carbonyl (C=O) groups is 1. The molecule has 4 aromatic rings. The Morgan fingerprint density at radius 1 is 1.14 bits per heavy atom. The molecule has 0 saturated carbocycles. The smallest absolute Gasteiger partial charge is 0.306 e. The second-order valence-corrected chi connectivity index (χ2v) is 6.65. The number of aryl methyl sites for hydroxylation is 1. The van der Waals surface area contributed by atoms with Crippen LogP contribution in [0.4, 0.5) is 0 Å². The number of aromatic amines is 1. The van der Waals surface area contributed by atoms with Crippen LogP contribution >= 0.6 is 11.6 Å². The van der Waals surface area contributed by atoms with Crippen molar-refractivity contribution in [3.63, 3.8) is 0 Å². The molecule has 2 heterocycles. The fourth-order valence-corrected chi connectivity index (χ4v) is 2.94. The van der Waals surface area contributed by atoms with Crippen LogP contribution in [0.15, 0.2) is 57.8 Å². The third kappa shape index (κ3) is 4.49. The molecule has 0 aliphatic rings. The summed E-state index contributed by atoms with van der Waals surface area (Å²) in [5, 5.41) is 4.91. The molecule has 0 aliphatic heterocycles. The minimum Gasteiger partial charge on any atom is -0.456 e. The number of nitrogens with zero attached hydrogens (tertiary/aromatic N) is 3. The summed E-state index contributed by atoms with van der Waals surface area (Å²) in [6.07, 6.45) is 0.299. The molecule has 0 amide bonds. The van der Waals surface area contributed by atoms with Crippen LogP contribution in [0.5, 0.6) is 0 Å². The van der Waals surface area contributed by atoms with E-state index >= 15 is 0 Å². The van der Waals surface area contributed by atoms with Gasteiger partial charge < -0.3 is 14.2 Å². The average molecular weight is 411 g/mol. The number of aromatic nitrogens is 4. The van der Waals surface area contributed by atoms with Gasteiger partial charge in [-0.15, -0.1) is 0 Å². The zero-order valence-corrected chi connectivity index (χ0v) is 15.8. The summed E-state index contributed by atoms with van der Waals surface area (Å²) in [5.74, 6) is 0.483. The first-order valence-corrected chi connectivity index (χ1v) is 9.18. The molecule has 0 saturated heterocycles. The summed E-state index contributed by atoms with van der Waals surface area (Å²) >= 11 is 5.95. The van der Waals surface area contributed by atoms with Crippen LogP contribution < -0.4 is 5.56 Å². The van der Waals surface area contributed by atoms with Gasteiger partial charge in [0.1, 0.15) is 5.82 Å². The summed E-state index contributed by atoms with van der Waals surface area (Å²) in [6, 6.07) is 14.0. The molecular formula is C20H15ClN4O4. The minimum atomic E-state index is -0.469. The third-order valence-corrected chi connectivity index (χ3v) is 4.37. The summed E-state index contributed by atoms with van der Waals surface area (Å²) in [4.78, 5) is 35.3. The Balaban J connectivity index is 1.33. The van der Waals surface area contributed by atoms with E-state index in [1.807, 2.05) is 0 Å².